The fourth-order valence-corrected chi connectivity index (χ4v) is 3.50. The first-order valence-corrected chi connectivity index (χ1v) is 11.0. The number of hydrogen-bond donors (Lipinski definition) is 1. The molecule has 1 aliphatic rings. The van der Waals surface area contributed by atoms with Crippen molar-refractivity contribution >= 4 is 29.7 Å². The Kier molecular flexibility index (Phi) is 9.43. The number of carbonyl (C=O) groups is 3. The zero-order chi connectivity index (χ0) is 22.9. The van der Waals surface area contributed by atoms with E-state index in [-0.39, 0.29) is 37.1 Å². The number of ether oxygens (including phenoxy) is 2. The summed E-state index contributed by atoms with van der Waals surface area (Å²) in [7, 11) is 0. The van der Waals surface area contributed by atoms with E-state index < -0.39 is 11.7 Å². The molecule has 0 spiro atoms. The number of nitrogens with one attached hydrogen (secondary N) is 1. The minimum Gasteiger partial charge on any atom is -0.445 e. The van der Waals surface area contributed by atoms with Crippen LogP contribution in [0.2, 0.25) is 0 Å². The first-order chi connectivity index (χ1) is 14.7. The van der Waals surface area contributed by atoms with E-state index in [4.69, 9.17) is 21.1 Å². The SMILES string of the molecule is CC(C)(C)OC(=O)NCCN(C(=O)CCl)C1CCN(C(=O)OCc2ccccc2)CC1. The molecule has 1 N–H and O–H groups in total. The first kappa shape index (κ1) is 24.8. The molecule has 1 aliphatic heterocycles. The second-order valence-electron chi connectivity index (χ2n) is 8.41. The molecule has 8 nitrogen and oxygen atoms in total. The molecule has 2 rings (SSSR count). The lowest BCUT2D eigenvalue weighted by atomic mass is 10.0. The predicted molar refractivity (Wildman–Crippen MR) is 118 cm³/mol. The van der Waals surface area contributed by atoms with Crippen molar-refractivity contribution in [3.05, 3.63) is 35.9 Å². The van der Waals surface area contributed by atoms with Gasteiger partial charge >= 0.3 is 12.2 Å². The highest BCUT2D eigenvalue weighted by Gasteiger charge is 2.30. The summed E-state index contributed by atoms with van der Waals surface area (Å²) in [6.07, 6.45) is 0.358. The predicted octanol–water partition coefficient (Wildman–Crippen LogP) is 3.38. The fourth-order valence-electron chi connectivity index (χ4n) is 3.35. The van der Waals surface area contributed by atoms with Crippen LogP contribution in [0.3, 0.4) is 0 Å². The lowest BCUT2D eigenvalue weighted by Crippen LogP contribution is -2.51. The van der Waals surface area contributed by atoms with E-state index in [1.807, 2.05) is 30.3 Å². The van der Waals surface area contributed by atoms with Crippen LogP contribution in [0, 0.1) is 0 Å². The Hall–Kier alpha value is -2.48. The second kappa shape index (κ2) is 11.8. The lowest BCUT2D eigenvalue weighted by Gasteiger charge is -2.38. The highest BCUT2D eigenvalue weighted by molar-refractivity contribution is 6.27. The number of halogens is 1. The van der Waals surface area contributed by atoms with Crippen LogP contribution in [0.4, 0.5) is 9.59 Å². The van der Waals surface area contributed by atoms with Crippen molar-refractivity contribution in [1.29, 1.82) is 0 Å². The van der Waals surface area contributed by atoms with E-state index in [1.54, 1.807) is 30.6 Å². The summed E-state index contributed by atoms with van der Waals surface area (Å²) in [5.41, 5.74) is 0.347. The minimum absolute atomic E-state index is 0.0511. The molecule has 1 aromatic rings. The molecule has 0 unspecified atom stereocenters. The summed E-state index contributed by atoms with van der Waals surface area (Å²) < 4.78 is 10.6. The van der Waals surface area contributed by atoms with Gasteiger partial charge < -0.3 is 24.6 Å². The number of alkyl carbamates (subject to hydrolysis) is 1. The van der Waals surface area contributed by atoms with Crippen molar-refractivity contribution in [2.45, 2.75) is 51.9 Å². The van der Waals surface area contributed by atoms with Crippen molar-refractivity contribution in [2.24, 2.45) is 0 Å². The van der Waals surface area contributed by atoms with Crippen LogP contribution in [0.1, 0.15) is 39.2 Å². The molecule has 1 fully saturated rings. The molecule has 0 radical (unpaired) electrons. The molecule has 1 saturated heterocycles. The monoisotopic (exact) mass is 453 g/mol. The third-order valence-corrected chi connectivity index (χ3v) is 5.05. The summed E-state index contributed by atoms with van der Waals surface area (Å²) >= 11 is 5.79. The normalized spacial score (nSPS) is 14.6. The maximum Gasteiger partial charge on any atom is 0.410 e. The van der Waals surface area contributed by atoms with Crippen LogP contribution >= 0.6 is 11.6 Å². The number of benzene rings is 1. The van der Waals surface area contributed by atoms with Gasteiger partial charge in [-0.05, 0) is 39.2 Å². The zero-order valence-corrected chi connectivity index (χ0v) is 19.2. The molecule has 0 saturated carbocycles. The van der Waals surface area contributed by atoms with Gasteiger partial charge in [0, 0.05) is 32.2 Å². The van der Waals surface area contributed by atoms with E-state index in [2.05, 4.69) is 5.32 Å². The lowest BCUT2D eigenvalue weighted by molar-refractivity contribution is -0.131. The Morgan fingerprint density at radius 2 is 1.81 bits per heavy atom. The third kappa shape index (κ3) is 8.65. The maximum atomic E-state index is 12.3. The number of carbonyl (C=O) groups excluding carboxylic acids is 3. The molecule has 0 aromatic heterocycles. The van der Waals surface area contributed by atoms with Crippen LogP contribution in [0.15, 0.2) is 30.3 Å². The van der Waals surface area contributed by atoms with E-state index in [9.17, 15) is 14.4 Å². The Morgan fingerprint density at radius 1 is 1.16 bits per heavy atom. The summed E-state index contributed by atoms with van der Waals surface area (Å²) in [4.78, 5) is 39.8. The van der Waals surface area contributed by atoms with Gasteiger partial charge in [0.2, 0.25) is 5.91 Å². The Labute approximate surface area is 188 Å². The highest BCUT2D eigenvalue weighted by Crippen LogP contribution is 2.18. The van der Waals surface area contributed by atoms with Crippen molar-refractivity contribution in [1.82, 2.24) is 15.1 Å². The van der Waals surface area contributed by atoms with Gasteiger partial charge in [0.1, 0.15) is 18.1 Å². The molecule has 1 aromatic carbocycles. The van der Waals surface area contributed by atoms with Crippen molar-refractivity contribution in [3.63, 3.8) is 0 Å². The average molecular weight is 454 g/mol. The topological polar surface area (TPSA) is 88.2 Å². The van der Waals surface area contributed by atoms with E-state index in [0.717, 1.165) is 5.56 Å². The van der Waals surface area contributed by atoms with Crippen molar-refractivity contribution in [2.75, 3.05) is 32.1 Å². The number of piperidine rings is 1. The van der Waals surface area contributed by atoms with E-state index in [0.29, 0.717) is 32.5 Å². The van der Waals surface area contributed by atoms with Crippen LogP contribution in [-0.4, -0.2) is 71.6 Å². The van der Waals surface area contributed by atoms with Crippen molar-refractivity contribution < 1.29 is 23.9 Å². The number of alkyl halides is 1. The number of hydrogen-bond acceptors (Lipinski definition) is 5. The smallest absolute Gasteiger partial charge is 0.410 e. The molecule has 1 heterocycles. The minimum atomic E-state index is -0.586. The third-order valence-electron chi connectivity index (χ3n) is 4.82. The van der Waals surface area contributed by atoms with Gasteiger partial charge in [-0.15, -0.1) is 11.6 Å². The standard InChI is InChI=1S/C22H32ClN3O5/c1-22(2,3)31-20(28)24-11-14-26(19(27)15-23)18-9-12-25(13-10-18)21(29)30-16-17-7-5-4-6-8-17/h4-8,18H,9-16H2,1-3H3,(H,24,28). The fraction of sp³-hybridized carbons (Fsp3) is 0.591. The molecule has 0 bridgehead atoms. The van der Waals surface area contributed by atoms with Gasteiger partial charge in [-0.1, -0.05) is 30.3 Å². The molecule has 172 valence electrons. The van der Waals surface area contributed by atoms with Gasteiger partial charge in [-0.2, -0.15) is 0 Å². The van der Waals surface area contributed by atoms with Gasteiger partial charge in [0.25, 0.3) is 0 Å². The van der Waals surface area contributed by atoms with E-state index in [1.165, 1.54) is 0 Å². The average Bonchev–Trinajstić information content (AvgIpc) is 2.74. The molecule has 0 aliphatic carbocycles. The number of likely N-dealkylation sites (tertiary alicyclic amines) is 1. The number of nitrogens with zero attached hydrogens (tertiary/aromatic N) is 2. The first-order valence-electron chi connectivity index (χ1n) is 10.5. The Balaban J connectivity index is 1.80. The van der Waals surface area contributed by atoms with Gasteiger partial charge in [-0.3, -0.25) is 4.79 Å². The molecular weight excluding hydrogens is 422 g/mol. The zero-order valence-electron chi connectivity index (χ0n) is 18.4. The van der Waals surface area contributed by atoms with E-state index >= 15 is 0 Å². The Bertz CT molecular complexity index is 730. The van der Waals surface area contributed by atoms with Crippen LogP contribution in [-0.2, 0) is 20.9 Å². The Morgan fingerprint density at radius 3 is 2.39 bits per heavy atom. The summed E-state index contributed by atoms with van der Waals surface area (Å²) in [6, 6.07) is 9.46. The second-order valence-corrected chi connectivity index (χ2v) is 8.68. The van der Waals surface area contributed by atoms with Gasteiger partial charge in [-0.25, -0.2) is 9.59 Å². The number of rotatable bonds is 7. The summed E-state index contributed by atoms with van der Waals surface area (Å²) in [5, 5.41) is 2.66. The molecule has 3 amide bonds. The van der Waals surface area contributed by atoms with Crippen LogP contribution in [0.25, 0.3) is 0 Å². The maximum absolute atomic E-state index is 12.3. The molecule has 31 heavy (non-hydrogen) atoms. The largest absolute Gasteiger partial charge is 0.445 e. The highest BCUT2D eigenvalue weighted by atomic mass is 35.5. The summed E-state index contributed by atoms with van der Waals surface area (Å²) in [6.45, 7) is 7.16. The summed E-state index contributed by atoms with van der Waals surface area (Å²) in [5.74, 6) is -0.330. The quantitative estimate of drug-likeness (QED) is 0.639. The molecule has 9 heteroatoms. The van der Waals surface area contributed by atoms with Gasteiger partial charge in [0.05, 0.1) is 0 Å². The van der Waals surface area contributed by atoms with Gasteiger partial charge in [0.15, 0.2) is 0 Å². The van der Waals surface area contributed by atoms with Crippen LogP contribution < -0.4 is 5.32 Å². The van der Waals surface area contributed by atoms with Crippen LogP contribution in [0.5, 0.6) is 0 Å². The number of amides is 3. The molecule has 0 atom stereocenters. The molecular formula is C22H32ClN3O5. The van der Waals surface area contributed by atoms with Crippen molar-refractivity contribution in [3.8, 4) is 0 Å².